The van der Waals surface area contributed by atoms with Gasteiger partial charge >= 0.3 is 0 Å². The number of rotatable bonds is 4. The molecule has 1 saturated carbocycles. The number of nitrogens with one attached hydrogen (secondary N) is 1. The van der Waals surface area contributed by atoms with Crippen molar-refractivity contribution in [3.8, 4) is 0 Å². The zero-order chi connectivity index (χ0) is 13.8. The van der Waals surface area contributed by atoms with E-state index in [9.17, 15) is 0 Å². The number of hydrogen-bond donors (Lipinski definition) is 1. The molecule has 1 N–H and O–H groups in total. The van der Waals surface area contributed by atoms with Gasteiger partial charge < -0.3 is 5.32 Å². The van der Waals surface area contributed by atoms with Crippen LogP contribution >= 0.6 is 11.6 Å². The van der Waals surface area contributed by atoms with E-state index in [0.717, 1.165) is 16.9 Å². The topological polar surface area (TPSA) is 12.0 Å². The van der Waals surface area contributed by atoms with Crippen LogP contribution in [0.3, 0.4) is 0 Å². The molecule has 1 aromatic carbocycles. The highest BCUT2D eigenvalue weighted by molar-refractivity contribution is 6.31. The van der Waals surface area contributed by atoms with Gasteiger partial charge in [0.15, 0.2) is 0 Å². The van der Waals surface area contributed by atoms with Gasteiger partial charge in [0.1, 0.15) is 0 Å². The van der Waals surface area contributed by atoms with Crippen molar-refractivity contribution in [2.24, 2.45) is 11.8 Å². The second-order valence-corrected chi connectivity index (χ2v) is 6.68. The van der Waals surface area contributed by atoms with Crippen LogP contribution in [0.25, 0.3) is 0 Å². The molecular formula is C17H26ClN. The normalized spacial score (nSPS) is 25.5. The van der Waals surface area contributed by atoms with Crippen LogP contribution < -0.4 is 5.32 Å². The molecule has 1 aliphatic rings. The molecule has 0 aromatic heterocycles. The first-order valence-corrected chi connectivity index (χ1v) is 7.96. The summed E-state index contributed by atoms with van der Waals surface area (Å²) in [6.45, 7) is 6.93. The van der Waals surface area contributed by atoms with E-state index < -0.39 is 0 Å². The number of hydrogen-bond acceptors (Lipinski definition) is 1. The Bertz CT molecular complexity index is 402. The first kappa shape index (κ1) is 14.9. The molecule has 0 radical (unpaired) electrons. The maximum atomic E-state index is 6.28. The summed E-state index contributed by atoms with van der Waals surface area (Å²) in [7, 11) is 0. The standard InChI is InChI=1S/C17H26ClN/c1-12(2)14-7-6-8-15(11-14)19-13(3)16-9-4-5-10-17(16)18/h4-5,9-10,12-15,19H,6-8,11H2,1-3H3/t13-,14?,15?/m1/s1. The fourth-order valence-corrected chi connectivity index (χ4v) is 3.55. The predicted octanol–water partition coefficient (Wildman–Crippen LogP) is 5.21. The molecule has 1 nitrogen and oxygen atoms in total. The summed E-state index contributed by atoms with van der Waals surface area (Å²) in [6, 6.07) is 9.15. The van der Waals surface area contributed by atoms with E-state index in [4.69, 9.17) is 11.6 Å². The van der Waals surface area contributed by atoms with Crippen molar-refractivity contribution >= 4 is 11.6 Å². The highest BCUT2D eigenvalue weighted by Crippen LogP contribution is 2.31. The molecule has 19 heavy (non-hydrogen) atoms. The van der Waals surface area contributed by atoms with E-state index >= 15 is 0 Å². The summed E-state index contributed by atoms with van der Waals surface area (Å²) in [6.07, 6.45) is 5.37. The molecule has 0 aliphatic heterocycles. The maximum Gasteiger partial charge on any atom is 0.0453 e. The largest absolute Gasteiger partial charge is 0.307 e. The molecule has 3 atom stereocenters. The first-order chi connectivity index (χ1) is 9.08. The Balaban J connectivity index is 1.95. The fourth-order valence-electron chi connectivity index (χ4n) is 3.25. The molecular weight excluding hydrogens is 254 g/mol. The van der Waals surface area contributed by atoms with E-state index in [1.807, 2.05) is 12.1 Å². The van der Waals surface area contributed by atoms with Crippen LogP contribution in [-0.4, -0.2) is 6.04 Å². The van der Waals surface area contributed by atoms with Gasteiger partial charge in [0.2, 0.25) is 0 Å². The van der Waals surface area contributed by atoms with E-state index in [1.54, 1.807) is 0 Å². The molecule has 1 fully saturated rings. The lowest BCUT2D eigenvalue weighted by molar-refractivity contribution is 0.223. The second kappa shape index (κ2) is 6.76. The van der Waals surface area contributed by atoms with Gasteiger partial charge in [-0.2, -0.15) is 0 Å². The molecule has 0 amide bonds. The predicted molar refractivity (Wildman–Crippen MR) is 83.6 cm³/mol. The Morgan fingerprint density at radius 3 is 2.58 bits per heavy atom. The molecule has 0 heterocycles. The lowest BCUT2D eigenvalue weighted by Crippen LogP contribution is -2.37. The lowest BCUT2D eigenvalue weighted by Gasteiger charge is -2.34. The number of halogens is 1. The quantitative estimate of drug-likeness (QED) is 0.798. The molecule has 106 valence electrons. The van der Waals surface area contributed by atoms with Gasteiger partial charge in [-0.3, -0.25) is 0 Å². The van der Waals surface area contributed by atoms with Crippen LogP contribution in [0.1, 0.15) is 58.1 Å². The van der Waals surface area contributed by atoms with Gasteiger partial charge in [-0.15, -0.1) is 0 Å². The summed E-state index contributed by atoms with van der Waals surface area (Å²) in [5.41, 5.74) is 1.22. The Hall–Kier alpha value is -0.530. The number of benzene rings is 1. The van der Waals surface area contributed by atoms with Gasteiger partial charge in [-0.05, 0) is 43.2 Å². The molecule has 1 aromatic rings. The third-order valence-electron chi connectivity index (χ3n) is 4.52. The zero-order valence-electron chi connectivity index (χ0n) is 12.3. The summed E-state index contributed by atoms with van der Waals surface area (Å²) < 4.78 is 0. The average Bonchev–Trinajstić information content (AvgIpc) is 2.39. The van der Waals surface area contributed by atoms with Gasteiger partial charge in [0, 0.05) is 17.1 Å². The van der Waals surface area contributed by atoms with Gasteiger partial charge in [-0.25, -0.2) is 0 Å². The van der Waals surface area contributed by atoms with E-state index in [1.165, 1.54) is 31.2 Å². The fraction of sp³-hybridized carbons (Fsp3) is 0.647. The zero-order valence-corrected chi connectivity index (χ0v) is 13.1. The Labute approximate surface area is 122 Å². The molecule has 1 aliphatic carbocycles. The van der Waals surface area contributed by atoms with Crippen molar-refractivity contribution in [2.45, 2.75) is 58.5 Å². The van der Waals surface area contributed by atoms with Crippen LogP contribution in [-0.2, 0) is 0 Å². The third-order valence-corrected chi connectivity index (χ3v) is 4.86. The highest BCUT2D eigenvalue weighted by Gasteiger charge is 2.25. The summed E-state index contributed by atoms with van der Waals surface area (Å²) in [5, 5.41) is 4.65. The Morgan fingerprint density at radius 2 is 1.89 bits per heavy atom. The van der Waals surface area contributed by atoms with Crippen LogP contribution in [0.15, 0.2) is 24.3 Å². The van der Waals surface area contributed by atoms with Crippen LogP contribution in [0.4, 0.5) is 0 Å². The minimum Gasteiger partial charge on any atom is -0.307 e. The molecule has 2 unspecified atom stereocenters. The lowest BCUT2D eigenvalue weighted by atomic mass is 9.79. The van der Waals surface area contributed by atoms with Crippen LogP contribution in [0.5, 0.6) is 0 Å². The average molecular weight is 280 g/mol. The van der Waals surface area contributed by atoms with Gasteiger partial charge in [-0.1, -0.05) is 56.5 Å². The third kappa shape index (κ3) is 3.97. The Morgan fingerprint density at radius 1 is 1.16 bits per heavy atom. The Kier molecular flexibility index (Phi) is 5.29. The maximum absolute atomic E-state index is 6.28. The minimum absolute atomic E-state index is 0.338. The van der Waals surface area contributed by atoms with Gasteiger partial charge in [0.25, 0.3) is 0 Å². The SMILES string of the molecule is CC(C)C1CCCC(N[C@H](C)c2ccccc2Cl)C1. The van der Waals surface area contributed by atoms with Crippen molar-refractivity contribution in [3.05, 3.63) is 34.9 Å². The van der Waals surface area contributed by atoms with Crippen molar-refractivity contribution in [1.82, 2.24) is 5.32 Å². The summed E-state index contributed by atoms with van der Waals surface area (Å²) in [5.74, 6) is 1.69. The van der Waals surface area contributed by atoms with Crippen molar-refractivity contribution in [3.63, 3.8) is 0 Å². The molecule has 0 spiro atoms. The minimum atomic E-state index is 0.338. The molecule has 0 bridgehead atoms. The van der Waals surface area contributed by atoms with Crippen molar-refractivity contribution < 1.29 is 0 Å². The second-order valence-electron chi connectivity index (χ2n) is 6.28. The van der Waals surface area contributed by atoms with Gasteiger partial charge in [0.05, 0.1) is 0 Å². The summed E-state index contributed by atoms with van der Waals surface area (Å²) in [4.78, 5) is 0. The summed E-state index contributed by atoms with van der Waals surface area (Å²) >= 11 is 6.28. The van der Waals surface area contributed by atoms with E-state index in [0.29, 0.717) is 12.1 Å². The molecule has 2 heteroatoms. The van der Waals surface area contributed by atoms with E-state index in [2.05, 4.69) is 38.2 Å². The van der Waals surface area contributed by atoms with Crippen LogP contribution in [0.2, 0.25) is 5.02 Å². The molecule has 0 saturated heterocycles. The van der Waals surface area contributed by atoms with Crippen LogP contribution in [0, 0.1) is 11.8 Å². The van der Waals surface area contributed by atoms with Crippen molar-refractivity contribution in [2.75, 3.05) is 0 Å². The smallest absolute Gasteiger partial charge is 0.0453 e. The molecule has 2 rings (SSSR count). The van der Waals surface area contributed by atoms with Crippen molar-refractivity contribution in [1.29, 1.82) is 0 Å². The monoisotopic (exact) mass is 279 g/mol. The van der Waals surface area contributed by atoms with E-state index in [-0.39, 0.29) is 0 Å². The highest BCUT2D eigenvalue weighted by atomic mass is 35.5. The first-order valence-electron chi connectivity index (χ1n) is 7.58.